The van der Waals surface area contributed by atoms with Gasteiger partial charge in [0.2, 0.25) is 0 Å². The molecule has 0 spiro atoms. The molecule has 3 aromatic rings. The van der Waals surface area contributed by atoms with Gasteiger partial charge in [0.25, 0.3) is 0 Å². The van der Waals surface area contributed by atoms with Gasteiger partial charge in [-0.3, -0.25) is 14.7 Å². The van der Waals surface area contributed by atoms with Gasteiger partial charge in [0.15, 0.2) is 5.78 Å². The van der Waals surface area contributed by atoms with E-state index in [0.29, 0.717) is 5.92 Å². The van der Waals surface area contributed by atoms with Gasteiger partial charge in [0, 0.05) is 36.5 Å². The molecular formula is C25H25N3O. The average Bonchev–Trinajstić information content (AvgIpc) is 3.23. The number of nitrogens with zero attached hydrogens (tertiary/aromatic N) is 2. The summed E-state index contributed by atoms with van der Waals surface area (Å²) in [6.07, 6.45) is 6.14. The normalized spacial score (nSPS) is 33.0. The summed E-state index contributed by atoms with van der Waals surface area (Å²) in [6, 6.07) is 18.8. The summed E-state index contributed by atoms with van der Waals surface area (Å²) in [5.74, 6) is 0.971. The van der Waals surface area contributed by atoms with Gasteiger partial charge in [0.1, 0.15) is 5.54 Å². The van der Waals surface area contributed by atoms with Crippen LogP contribution < -0.4 is 5.32 Å². The van der Waals surface area contributed by atoms with Crippen LogP contribution in [0.25, 0.3) is 10.8 Å². The minimum atomic E-state index is -0.520. The van der Waals surface area contributed by atoms with Crippen LogP contribution in [0.2, 0.25) is 0 Å². The lowest BCUT2D eigenvalue weighted by atomic mass is 9.62. The topological polar surface area (TPSA) is 45.2 Å². The van der Waals surface area contributed by atoms with E-state index < -0.39 is 5.54 Å². The molecule has 2 bridgehead atoms. The SMILES string of the molecule is O=C(c1cccc2ccccc12)C12C(c3cccnc3)CNC1C1CCN2CC1. The number of hydrogen-bond donors (Lipinski definition) is 1. The van der Waals surface area contributed by atoms with Crippen molar-refractivity contribution in [2.45, 2.75) is 30.3 Å². The van der Waals surface area contributed by atoms with Crippen LogP contribution in [0.1, 0.15) is 34.7 Å². The van der Waals surface area contributed by atoms with E-state index in [1.807, 2.05) is 42.7 Å². The van der Waals surface area contributed by atoms with Gasteiger partial charge in [-0.15, -0.1) is 0 Å². The van der Waals surface area contributed by atoms with Crippen LogP contribution in [-0.4, -0.2) is 46.9 Å². The van der Waals surface area contributed by atoms with Crippen molar-refractivity contribution in [2.75, 3.05) is 19.6 Å². The fourth-order valence-corrected chi connectivity index (χ4v) is 6.35. The summed E-state index contributed by atoms with van der Waals surface area (Å²) in [6.45, 7) is 2.85. The quantitative estimate of drug-likeness (QED) is 0.702. The molecule has 4 nitrogen and oxygen atoms in total. The average molecular weight is 383 g/mol. The van der Waals surface area contributed by atoms with Gasteiger partial charge in [-0.05, 0) is 54.3 Å². The number of rotatable bonds is 3. The number of aromatic nitrogens is 1. The van der Waals surface area contributed by atoms with Crippen LogP contribution in [0.5, 0.6) is 0 Å². The summed E-state index contributed by atoms with van der Waals surface area (Å²) in [4.78, 5) is 21.4. The highest BCUT2D eigenvalue weighted by molar-refractivity contribution is 6.13. The Bertz CT molecular complexity index is 1070. The molecule has 4 heteroatoms. The maximum atomic E-state index is 14.5. The van der Waals surface area contributed by atoms with Crippen LogP contribution in [0.3, 0.4) is 0 Å². The zero-order valence-electron chi connectivity index (χ0n) is 16.4. The minimum Gasteiger partial charge on any atom is -0.311 e. The highest BCUT2D eigenvalue weighted by Gasteiger charge is 2.65. The predicted octanol–water partition coefficient (Wildman–Crippen LogP) is 3.64. The number of hydrogen-bond acceptors (Lipinski definition) is 4. The largest absolute Gasteiger partial charge is 0.311 e. The van der Waals surface area contributed by atoms with E-state index >= 15 is 0 Å². The molecule has 7 rings (SSSR count). The second kappa shape index (κ2) is 6.48. The van der Waals surface area contributed by atoms with E-state index in [1.54, 1.807) is 0 Å². The monoisotopic (exact) mass is 383 g/mol. The first kappa shape index (κ1) is 17.3. The summed E-state index contributed by atoms with van der Waals surface area (Å²) in [5, 5.41) is 5.98. The maximum Gasteiger partial charge on any atom is 0.185 e. The van der Waals surface area contributed by atoms with Crippen molar-refractivity contribution in [3.8, 4) is 0 Å². The van der Waals surface area contributed by atoms with Crippen molar-refractivity contribution >= 4 is 16.6 Å². The smallest absolute Gasteiger partial charge is 0.185 e. The lowest BCUT2D eigenvalue weighted by molar-refractivity contribution is -0.0312. The Labute approximate surface area is 170 Å². The Morgan fingerprint density at radius 2 is 1.86 bits per heavy atom. The zero-order valence-corrected chi connectivity index (χ0v) is 16.4. The fourth-order valence-electron chi connectivity index (χ4n) is 6.35. The molecule has 29 heavy (non-hydrogen) atoms. The summed E-state index contributed by atoms with van der Waals surface area (Å²) >= 11 is 0. The molecule has 3 atom stereocenters. The number of nitrogens with one attached hydrogen (secondary N) is 1. The van der Waals surface area contributed by atoms with Crippen molar-refractivity contribution in [3.05, 3.63) is 78.1 Å². The number of carbonyl (C=O) groups is 1. The Hall–Kier alpha value is -2.56. The third-order valence-corrected chi connectivity index (χ3v) is 7.57. The molecule has 3 unspecified atom stereocenters. The van der Waals surface area contributed by atoms with Crippen molar-refractivity contribution in [1.29, 1.82) is 0 Å². The third kappa shape index (κ3) is 2.33. The molecule has 5 heterocycles. The number of ketones is 1. The van der Waals surface area contributed by atoms with E-state index in [2.05, 4.69) is 39.5 Å². The first-order valence-electron chi connectivity index (χ1n) is 10.7. The van der Waals surface area contributed by atoms with Crippen LogP contribution >= 0.6 is 0 Å². The highest BCUT2D eigenvalue weighted by Crippen LogP contribution is 2.52. The first-order chi connectivity index (χ1) is 14.3. The van der Waals surface area contributed by atoms with Gasteiger partial charge in [-0.2, -0.15) is 0 Å². The molecule has 1 N–H and O–H groups in total. The number of benzene rings is 2. The zero-order chi connectivity index (χ0) is 19.4. The van der Waals surface area contributed by atoms with Gasteiger partial charge in [-0.25, -0.2) is 0 Å². The number of carbonyl (C=O) groups excluding carboxylic acids is 1. The Balaban J connectivity index is 1.57. The van der Waals surface area contributed by atoms with Crippen molar-refractivity contribution in [3.63, 3.8) is 0 Å². The molecule has 2 aromatic carbocycles. The number of piperidine rings is 3. The summed E-state index contributed by atoms with van der Waals surface area (Å²) < 4.78 is 0. The van der Waals surface area contributed by atoms with E-state index in [-0.39, 0.29) is 17.7 Å². The standard InChI is InChI=1S/C25H25N3O/c29-24(21-9-3-6-17-5-1-2-8-20(17)21)25-22(19-7-4-12-26-15-19)16-27-23(25)18-10-13-28(25)14-11-18/h1-9,12,15,18,22-23,27H,10-11,13-14,16H2. The number of Topliss-reactive ketones (excluding diaryl/α,β-unsaturated/α-hetero) is 1. The predicted molar refractivity (Wildman–Crippen MR) is 114 cm³/mol. The molecule has 1 aromatic heterocycles. The second-order valence-corrected chi connectivity index (χ2v) is 8.73. The molecule has 4 fully saturated rings. The molecule has 4 saturated heterocycles. The van der Waals surface area contributed by atoms with Gasteiger partial charge >= 0.3 is 0 Å². The summed E-state index contributed by atoms with van der Waals surface area (Å²) in [5.41, 5.74) is 1.51. The minimum absolute atomic E-state index is 0.121. The highest BCUT2D eigenvalue weighted by atomic mass is 16.1. The third-order valence-electron chi connectivity index (χ3n) is 7.57. The van der Waals surface area contributed by atoms with Crippen LogP contribution in [-0.2, 0) is 0 Å². The van der Waals surface area contributed by atoms with Crippen LogP contribution in [0.4, 0.5) is 0 Å². The van der Waals surface area contributed by atoms with Crippen LogP contribution in [0, 0.1) is 5.92 Å². The van der Waals surface area contributed by atoms with Gasteiger partial charge in [-0.1, -0.05) is 48.5 Å². The maximum absolute atomic E-state index is 14.5. The van der Waals surface area contributed by atoms with Gasteiger partial charge in [0.05, 0.1) is 0 Å². The molecule has 4 aliphatic rings. The number of fused-ring (bicyclic) bond motifs is 3. The Morgan fingerprint density at radius 3 is 2.69 bits per heavy atom. The van der Waals surface area contributed by atoms with E-state index in [9.17, 15) is 4.79 Å². The van der Waals surface area contributed by atoms with E-state index in [0.717, 1.165) is 36.0 Å². The molecule has 0 radical (unpaired) electrons. The molecule has 0 saturated carbocycles. The molecular weight excluding hydrogens is 358 g/mol. The molecule has 4 aliphatic heterocycles. The fraction of sp³-hybridized carbons (Fsp3) is 0.360. The Kier molecular flexibility index (Phi) is 3.87. The van der Waals surface area contributed by atoms with E-state index in [4.69, 9.17) is 0 Å². The molecule has 0 amide bonds. The van der Waals surface area contributed by atoms with Crippen LogP contribution in [0.15, 0.2) is 67.0 Å². The number of pyridine rings is 1. The van der Waals surface area contributed by atoms with Crippen molar-refractivity contribution < 1.29 is 4.79 Å². The second-order valence-electron chi connectivity index (χ2n) is 8.73. The lowest BCUT2D eigenvalue weighted by Crippen LogP contribution is -2.72. The van der Waals surface area contributed by atoms with Crippen molar-refractivity contribution in [2.24, 2.45) is 5.92 Å². The van der Waals surface area contributed by atoms with E-state index in [1.165, 1.54) is 18.4 Å². The molecule has 146 valence electrons. The lowest BCUT2D eigenvalue weighted by Gasteiger charge is -2.57. The molecule has 0 aliphatic carbocycles. The summed E-state index contributed by atoms with van der Waals surface area (Å²) in [7, 11) is 0. The Morgan fingerprint density at radius 1 is 1.03 bits per heavy atom. The first-order valence-corrected chi connectivity index (χ1v) is 10.7. The van der Waals surface area contributed by atoms with Crippen molar-refractivity contribution in [1.82, 2.24) is 15.2 Å². The van der Waals surface area contributed by atoms with Gasteiger partial charge < -0.3 is 5.32 Å².